The van der Waals surface area contributed by atoms with Crippen LogP contribution in [0, 0.1) is 6.92 Å². The molecule has 3 heteroatoms. The summed E-state index contributed by atoms with van der Waals surface area (Å²) in [6, 6.07) is 13.0. The van der Waals surface area contributed by atoms with Gasteiger partial charge in [0.2, 0.25) is 0 Å². The smallest absolute Gasteiger partial charge is 0.130 e. The Morgan fingerprint density at radius 1 is 1.29 bits per heavy atom. The standard InChI is InChI=1S/C18H23NO2/c1-13-10-17(21-18(13)11-19-16-8-9-16)12-20-14(2)15-6-4-3-5-7-15/h3-7,10,14,16,19H,8-9,11-12H2,1-2H3. The molecule has 0 amide bonds. The Bertz CT molecular complexity index is 572. The van der Waals surface area contributed by atoms with Crippen molar-refractivity contribution in [3.05, 3.63) is 59.0 Å². The number of nitrogens with one attached hydrogen (secondary N) is 1. The number of hydrogen-bond acceptors (Lipinski definition) is 3. The summed E-state index contributed by atoms with van der Waals surface area (Å²) in [7, 11) is 0. The molecular weight excluding hydrogens is 262 g/mol. The Labute approximate surface area is 126 Å². The first-order valence-corrected chi connectivity index (χ1v) is 7.70. The quantitative estimate of drug-likeness (QED) is 0.831. The van der Waals surface area contributed by atoms with Crippen molar-refractivity contribution in [3.8, 4) is 0 Å². The lowest BCUT2D eigenvalue weighted by atomic mass is 10.1. The molecule has 1 aliphatic carbocycles. The van der Waals surface area contributed by atoms with Crippen molar-refractivity contribution in [3.63, 3.8) is 0 Å². The zero-order valence-corrected chi connectivity index (χ0v) is 12.8. The molecule has 1 N–H and O–H groups in total. The fraction of sp³-hybridized carbons (Fsp3) is 0.444. The molecule has 0 spiro atoms. The molecule has 3 nitrogen and oxygen atoms in total. The maximum absolute atomic E-state index is 5.91. The number of hydrogen-bond donors (Lipinski definition) is 1. The molecule has 1 fully saturated rings. The third kappa shape index (κ3) is 3.96. The lowest BCUT2D eigenvalue weighted by molar-refractivity contribution is 0.0414. The van der Waals surface area contributed by atoms with Crippen LogP contribution in [0.15, 0.2) is 40.8 Å². The van der Waals surface area contributed by atoms with Gasteiger partial charge in [-0.25, -0.2) is 0 Å². The number of ether oxygens (including phenoxy) is 1. The van der Waals surface area contributed by atoms with E-state index in [9.17, 15) is 0 Å². The van der Waals surface area contributed by atoms with Crippen molar-refractivity contribution >= 4 is 0 Å². The maximum Gasteiger partial charge on any atom is 0.130 e. The van der Waals surface area contributed by atoms with Gasteiger partial charge < -0.3 is 14.5 Å². The van der Waals surface area contributed by atoms with Crippen molar-refractivity contribution in [1.29, 1.82) is 0 Å². The first-order valence-electron chi connectivity index (χ1n) is 7.70. The maximum atomic E-state index is 5.91. The average Bonchev–Trinajstić information content (AvgIpc) is 3.27. The van der Waals surface area contributed by atoms with Gasteiger partial charge in [0.1, 0.15) is 18.1 Å². The molecule has 1 aliphatic rings. The van der Waals surface area contributed by atoms with Gasteiger partial charge in [0.15, 0.2) is 0 Å². The molecule has 1 unspecified atom stereocenters. The fourth-order valence-corrected chi connectivity index (χ4v) is 2.39. The highest BCUT2D eigenvalue weighted by Crippen LogP contribution is 2.23. The van der Waals surface area contributed by atoms with E-state index < -0.39 is 0 Å². The Morgan fingerprint density at radius 2 is 2.05 bits per heavy atom. The van der Waals surface area contributed by atoms with Crippen molar-refractivity contribution in [1.82, 2.24) is 5.32 Å². The molecule has 1 atom stereocenters. The lowest BCUT2D eigenvalue weighted by Gasteiger charge is -2.12. The SMILES string of the molecule is Cc1cc(COC(C)c2ccccc2)oc1CNC1CC1. The summed E-state index contributed by atoms with van der Waals surface area (Å²) in [4.78, 5) is 0. The minimum atomic E-state index is 0.0737. The predicted molar refractivity (Wildman–Crippen MR) is 83.0 cm³/mol. The van der Waals surface area contributed by atoms with Crippen LogP contribution in [0.5, 0.6) is 0 Å². The van der Waals surface area contributed by atoms with E-state index in [0.29, 0.717) is 12.6 Å². The van der Waals surface area contributed by atoms with Gasteiger partial charge in [-0.05, 0) is 43.9 Å². The number of aryl methyl sites for hydroxylation is 1. The van der Waals surface area contributed by atoms with Crippen LogP contribution < -0.4 is 5.32 Å². The summed E-state index contributed by atoms with van der Waals surface area (Å²) in [5, 5.41) is 3.48. The van der Waals surface area contributed by atoms with Crippen LogP contribution in [0.25, 0.3) is 0 Å². The summed E-state index contributed by atoms with van der Waals surface area (Å²) in [6.45, 7) is 5.50. The van der Waals surface area contributed by atoms with Crippen LogP contribution in [0.4, 0.5) is 0 Å². The molecule has 0 aliphatic heterocycles. The van der Waals surface area contributed by atoms with Crippen LogP contribution in [0.3, 0.4) is 0 Å². The number of rotatable bonds is 7. The normalized spacial score (nSPS) is 16.1. The lowest BCUT2D eigenvalue weighted by Crippen LogP contribution is -2.15. The van der Waals surface area contributed by atoms with Crippen LogP contribution >= 0.6 is 0 Å². The zero-order chi connectivity index (χ0) is 14.7. The van der Waals surface area contributed by atoms with E-state index in [-0.39, 0.29) is 6.10 Å². The molecule has 112 valence electrons. The van der Waals surface area contributed by atoms with Gasteiger partial charge in [0.05, 0.1) is 12.6 Å². The third-order valence-electron chi connectivity index (χ3n) is 3.94. The monoisotopic (exact) mass is 285 g/mol. The summed E-state index contributed by atoms with van der Waals surface area (Å²) < 4.78 is 11.8. The van der Waals surface area contributed by atoms with Gasteiger partial charge in [-0.1, -0.05) is 30.3 Å². The Hall–Kier alpha value is -1.58. The van der Waals surface area contributed by atoms with Gasteiger partial charge >= 0.3 is 0 Å². The second-order valence-electron chi connectivity index (χ2n) is 5.84. The minimum absolute atomic E-state index is 0.0737. The van der Waals surface area contributed by atoms with E-state index in [1.165, 1.54) is 24.0 Å². The van der Waals surface area contributed by atoms with E-state index >= 15 is 0 Å². The molecule has 1 heterocycles. The van der Waals surface area contributed by atoms with E-state index in [4.69, 9.17) is 9.15 Å². The number of benzene rings is 1. The van der Waals surface area contributed by atoms with Crippen molar-refractivity contribution in [2.45, 2.75) is 52.0 Å². The Morgan fingerprint density at radius 3 is 2.76 bits per heavy atom. The second kappa shape index (κ2) is 6.46. The largest absolute Gasteiger partial charge is 0.462 e. The molecule has 1 aromatic carbocycles. The number of furan rings is 1. The molecule has 1 saturated carbocycles. The predicted octanol–water partition coefficient (Wildman–Crippen LogP) is 4.12. The highest BCUT2D eigenvalue weighted by molar-refractivity contribution is 5.20. The van der Waals surface area contributed by atoms with E-state index in [1.807, 2.05) is 18.2 Å². The first kappa shape index (κ1) is 14.4. The van der Waals surface area contributed by atoms with Gasteiger partial charge in [0, 0.05) is 6.04 Å². The molecule has 21 heavy (non-hydrogen) atoms. The van der Waals surface area contributed by atoms with Gasteiger partial charge in [-0.3, -0.25) is 0 Å². The van der Waals surface area contributed by atoms with E-state index in [2.05, 4.69) is 37.4 Å². The first-order chi connectivity index (χ1) is 10.2. The van der Waals surface area contributed by atoms with Crippen molar-refractivity contribution in [2.24, 2.45) is 0 Å². The van der Waals surface area contributed by atoms with Crippen LogP contribution in [0.2, 0.25) is 0 Å². The zero-order valence-electron chi connectivity index (χ0n) is 12.8. The molecule has 0 radical (unpaired) electrons. The molecular formula is C18H23NO2. The van der Waals surface area contributed by atoms with Gasteiger partial charge in [-0.15, -0.1) is 0 Å². The summed E-state index contributed by atoms with van der Waals surface area (Å²) in [6.07, 6.45) is 2.67. The molecule has 0 saturated heterocycles. The van der Waals surface area contributed by atoms with Crippen molar-refractivity contribution in [2.75, 3.05) is 0 Å². The molecule has 0 bridgehead atoms. The van der Waals surface area contributed by atoms with Crippen molar-refractivity contribution < 1.29 is 9.15 Å². The summed E-state index contributed by atoms with van der Waals surface area (Å²) in [5.41, 5.74) is 2.39. The second-order valence-corrected chi connectivity index (χ2v) is 5.84. The summed E-state index contributed by atoms with van der Waals surface area (Å²) >= 11 is 0. The Balaban J connectivity index is 1.53. The van der Waals surface area contributed by atoms with E-state index in [0.717, 1.165) is 18.1 Å². The fourth-order valence-electron chi connectivity index (χ4n) is 2.39. The highest BCUT2D eigenvalue weighted by atomic mass is 16.5. The molecule has 3 rings (SSSR count). The average molecular weight is 285 g/mol. The van der Waals surface area contributed by atoms with E-state index in [1.54, 1.807) is 0 Å². The van der Waals surface area contributed by atoms with Crippen LogP contribution in [-0.4, -0.2) is 6.04 Å². The van der Waals surface area contributed by atoms with Gasteiger partial charge in [-0.2, -0.15) is 0 Å². The summed E-state index contributed by atoms with van der Waals surface area (Å²) in [5.74, 6) is 1.94. The molecule has 1 aromatic heterocycles. The third-order valence-corrected chi connectivity index (χ3v) is 3.94. The molecule has 2 aromatic rings. The topological polar surface area (TPSA) is 34.4 Å². The van der Waals surface area contributed by atoms with Crippen LogP contribution in [0.1, 0.15) is 48.5 Å². The van der Waals surface area contributed by atoms with Crippen LogP contribution in [-0.2, 0) is 17.9 Å². The Kier molecular flexibility index (Phi) is 4.42. The highest BCUT2D eigenvalue weighted by Gasteiger charge is 2.21. The van der Waals surface area contributed by atoms with Gasteiger partial charge in [0.25, 0.3) is 0 Å². The minimum Gasteiger partial charge on any atom is -0.462 e.